The van der Waals surface area contributed by atoms with Crippen molar-refractivity contribution < 1.29 is 24.4 Å². The highest BCUT2D eigenvalue weighted by Gasteiger charge is 2.46. The molecule has 0 aromatic heterocycles. The largest absolute Gasteiger partial charge is 0.507 e. The minimum absolute atomic E-state index is 0.0430. The average molecular weight is 453 g/mol. The minimum Gasteiger partial charge on any atom is -0.507 e. The van der Waals surface area contributed by atoms with Crippen LogP contribution in [0.25, 0.3) is 5.76 Å². The van der Waals surface area contributed by atoms with Gasteiger partial charge in [0.15, 0.2) is 0 Å². The lowest BCUT2D eigenvalue weighted by Crippen LogP contribution is -2.38. The number of carbonyl (C=O) groups excluding carboxylic acids is 2. The van der Waals surface area contributed by atoms with E-state index in [-0.39, 0.29) is 22.6 Å². The van der Waals surface area contributed by atoms with E-state index in [0.717, 1.165) is 13.1 Å². The van der Waals surface area contributed by atoms with Crippen LogP contribution in [0.4, 0.5) is 5.69 Å². The number of methoxy groups -OCH3 is 1. The fourth-order valence-corrected chi connectivity index (χ4v) is 3.93. The van der Waals surface area contributed by atoms with Crippen molar-refractivity contribution in [2.75, 3.05) is 33.3 Å². The van der Waals surface area contributed by atoms with Gasteiger partial charge in [-0.2, -0.15) is 0 Å². The molecule has 2 aromatic rings. The van der Waals surface area contributed by atoms with Crippen molar-refractivity contribution >= 4 is 23.1 Å². The predicted octanol–water partition coefficient (Wildman–Crippen LogP) is 3.37. The number of Topliss-reactive ketones (excluding diaryl/α,β-unsaturated/α-hetero) is 1. The maximum atomic E-state index is 13.0. The standard InChI is InChI=1S/C24H27N3O6/c1-4-25(5-2)14-15-26-21(16-8-12-19(33-3)13-9-16)20(23(29)24(26)30)22(28)17-6-10-18(11-7-17)27(31)32/h6-13,21,28H,4-5,14-15H2,1-3H3/t21-/m0/s1. The number of aliphatic hydroxyl groups excluding tert-OH is 1. The summed E-state index contributed by atoms with van der Waals surface area (Å²) < 4.78 is 5.21. The fraction of sp³-hybridized carbons (Fsp3) is 0.333. The van der Waals surface area contributed by atoms with Gasteiger partial charge >= 0.3 is 0 Å². The molecule has 0 spiro atoms. The molecule has 1 saturated heterocycles. The molecule has 0 radical (unpaired) electrons. The van der Waals surface area contributed by atoms with Gasteiger partial charge in [0.1, 0.15) is 11.5 Å². The first-order valence-corrected chi connectivity index (χ1v) is 10.7. The van der Waals surface area contributed by atoms with E-state index in [1.165, 1.54) is 29.2 Å². The number of amides is 1. The molecule has 0 aliphatic carbocycles. The Kier molecular flexibility index (Phi) is 7.44. The number of nitro benzene ring substituents is 1. The first-order valence-electron chi connectivity index (χ1n) is 10.7. The summed E-state index contributed by atoms with van der Waals surface area (Å²) in [5.74, 6) is -1.22. The van der Waals surface area contributed by atoms with Crippen LogP contribution in [0, 0.1) is 10.1 Å². The summed E-state index contributed by atoms with van der Waals surface area (Å²) in [7, 11) is 1.54. The van der Waals surface area contributed by atoms with Crippen LogP contribution in [0.5, 0.6) is 5.75 Å². The van der Waals surface area contributed by atoms with Gasteiger partial charge in [0.2, 0.25) is 0 Å². The van der Waals surface area contributed by atoms with E-state index >= 15 is 0 Å². The van der Waals surface area contributed by atoms with Gasteiger partial charge < -0.3 is 19.6 Å². The van der Waals surface area contributed by atoms with Crippen molar-refractivity contribution in [1.82, 2.24) is 9.80 Å². The third-order valence-electron chi connectivity index (χ3n) is 5.87. The second-order valence-electron chi connectivity index (χ2n) is 7.60. The second kappa shape index (κ2) is 10.3. The zero-order chi connectivity index (χ0) is 24.1. The Hall–Kier alpha value is -3.72. The Morgan fingerprint density at radius 2 is 1.70 bits per heavy atom. The number of nitro groups is 1. The number of carbonyl (C=O) groups is 2. The lowest BCUT2D eigenvalue weighted by molar-refractivity contribution is -0.384. The molecule has 9 nitrogen and oxygen atoms in total. The van der Waals surface area contributed by atoms with Crippen LogP contribution in [-0.4, -0.2) is 64.8 Å². The number of hydrogen-bond donors (Lipinski definition) is 1. The molecule has 0 unspecified atom stereocenters. The predicted molar refractivity (Wildman–Crippen MR) is 123 cm³/mol. The number of aliphatic hydroxyl groups is 1. The molecule has 0 saturated carbocycles. The number of benzene rings is 2. The van der Waals surface area contributed by atoms with E-state index in [1.807, 2.05) is 13.8 Å². The van der Waals surface area contributed by atoms with Crippen molar-refractivity contribution in [3.05, 3.63) is 75.3 Å². The number of ketones is 1. The molecule has 1 fully saturated rings. The van der Waals surface area contributed by atoms with Crippen LogP contribution < -0.4 is 4.74 Å². The monoisotopic (exact) mass is 453 g/mol. The summed E-state index contributed by atoms with van der Waals surface area (Å²) in [6, 6.07) is 11.4. The fourth-order valence-electron chi connectivity index (χ4n) is 3.93. The van der Waals surface area contributed by atoms with Crippen molar-refractivity contribution in [3.63, 3.8) is 0 Å². The maximum Gasteiger partial charge on any atom is 0.295 e. The molecule has 1 aliphatic heterocycles. The molecule has 1 N–H and O–H groups in total. The van der Waals surface area contributed by atoms with Gasteiger partial charge in [0, 0.05) is 30.8 Å². The number of likely N-dealkylation sites (tertiary alicyclic amines) is 1. The molecule has 9 heteroatoms. The number of non-ortho nitro benzene ring substituents is 1. The first-order chi connectivity index (χ1) is 15.8. The normalized spacial score (nSPS) is 17.6. The van der Waals surface area contributed by atoms with Crippen molar-refractivity contribution in [2.24, 2.45) is 0 Å². The molecule has 2 aromatic carbocycles. The van der Waals surface area contributed by atoms with Gasteiger partial charge in [-0.05, 0) is 42.9 Å². The number of rotatable bonds is 9. The van der Waals surface area contributed by atoms with Crippen LogP contribution in [-0.2, 0) is 9.59 Å². The summed E-state index contributed by atoms with van der Waals surface area (Å²) in [5.41, 5.74) is 0.690. The average Bonchev–Trinajstić information content (AvgIpc) is 3.09. The highest BCUT2D eigenvalue weighted by molar-refractivity contribution is 6.46. The SMILES string of the molecule is CCN(CC)CCN1C(=O)C(=O)C(=C(O)c2ccc([N+](=O)[O-])cc2)[C@@H]1c1ccc(OC)cc1. The quantitative estimate of drug-likeness (QED) is 0.204. The van der Waals surface area contributed by atoms with Gasteiger partial charge in [0.05, 0.1) is 23.6 Å². The summed E-state index contributed by atoms with van der Waals surface area (Å²) in [4.78, 5) is 40.0. The van der Waals surface area contributed by atoms with Gasteiger partial charge in [-0.25, -0.2) is 0 Å². The smallest absolute Gasteiger partial charge is 0.295 e. The Bertz CT molecular complexity index is 1060. The van der Waals surface area contributed by atoms with Crippen LogP contribution in [0.15, 0.2) is 54.1 Å². The van der Waals surface area contributed by atoms with Crippen molar-refractivity contribution in [2.45, 2.75) is 19.9 Å². The van der Waals surface area contributed by atoms with Crippen LogP contribution >= 0.6 is 0 Å². The molecule has 1 atom stereocenters. The van der Waals surface area contributed by atoms with Crippen LogP contribution in [0.3, 0.4) is 0 Å². The Balaban J connectivity index is 2.08. The van der Waals surface area contributed by atoms with Crippen molar-refractivity contribution in [1.29, 1.82) is 0 Å². The Morgan fingerprint density at radius 1 is 1.09 bits per heavy atom. The molecule has 1 heterocycles. The van der Waals surface area contributed by atoms with Gasteiger partial charge in [-0.3, -0.25) is 19.7 Å². The molecule has 174 valence electrons. The van der Waals surface area contributed by atoms with E-state index in [2.05, 4.69) is 4.90 Å². The highest BCUT2D eigenvalue weighted by Crippen LogP contribution is 2.39. The lowest BCUT2D eigenvalue weighted by Gasteiger charge is -2.28. The van der Waals surface area contributed by atoms with E-state index in [9.17, 15) is 24.8 Å². The molecular weight excluding hydrogens is 426 g/mol. The number of hydrogen-bond acceptors (Lipinski definition) is 7. The van der Waals surface area contributed by atoms with E-state index < -0.39 is 22.7 Å². The molecular formula is C24H27N3O6. The Morgan fingerprint density at radius 3 is 2.21 bits per heavy atom. The topological polar surface area (TPSA) is 113 Å². The highest BCUT2D eigenvalue weighted by atomic mass is 16.6. The van der Waals surface area contributed by atoms with Crippen molar-refractivity contribution in [3.8, 4) is 5.75 Å². The van der Waals surface area contributed by atoms with Crippen LogP contribution in [0.2, 0.25) is 0 Å². The molecule has 0 bridgehead atoms. The van der Waals surface area contributed by atoms with E-state index in [0.29, 0.717) is 24.4 Å². The first kappa shape index (κ1) is 23.9. The Labute approximate surface area is 192 Å². The lowest BCUT2D eigenvalue weighted by atomic mass is 9.95. The summed E-state index contributed by atoms with van der Waals surface area (Å²) in [5, 5.41) is 22.0. The van der Waals surface area contributed by atoms with Gasteiger partial charge in [-0.1, -0.05) is 26.0 Å². The summed E-state index contributed by atoms with van der Waals surface area (Å²) >= 11 is 0. The second-order valence-corrected chi connectivity index (χ2v) is 7.60. The zero-order valence-electron chi connectivity index (χ0n) is 18.9. The minimum atomic E-state index is -0.790. The maximum absolute atomic E-state index is 13.0. The third-order valence-corrected chi connectivity index (χ3v) is 5.87. The van der Waals surface area contributed by atoms with Gasteiger partial charge in [0.25, 0.3) is 17.4 Å². The number of ether oxygens (including phenoxy) is 1. The number of likely N-dealkylation sites (N-methyl/N-ethyl adjacent to an activating group) is 1. The summed E-state index contributed by atoms with van der Waals surface area (Å²) in [6.07, 6.45) is 0. The van der Waals surface area contributed by atoms with E-state index in [1.54, 1.807) is 31.4 Å². The number of nitrogens with zero attached hydrogens (tertiary/aromatic N) is 3. The molecule has 3 rings (SSSR count). The zero-order valence-corrected chi connectivity index (χ0v) is 18.9. The third kappa shape index (κ3) is 4.88. The molecule has 1 aliphatic rings. The molecule has 1 amide bonds. The summed E-state index contributed by atoms with van der Waals surface area (Å²) in [6.45, 7) is 6.53. The molecule has 33 heavy (non-hydrogen) atoms. The van der Waals surface area contributed by atoms with Crippen LogP contribution in [0.1, 0.15) is 31.0 Å². The van der Waals surface area contributed by atoms with Gasteiger partial charge in [-0.15, -0.1) is 0 Å². The van der Waals surface area contributed by atoms with E-state index in [4.69, 9.17) is 4.74 Å².